The number of fused-ring (bicyclic) bond motifs is 1. The molecule has 0 aromatic carbocycles. The Hall–Kier alpha value is -2.50. The number of rotatable bonds is 6. The first-order valence-corrected chi connectivity index (χ1v) is 8.09. The molecule has 6 nitrogen and oxygen atoms in total. The fraction of sp³-hybridized carbons (Fsp3) is 0.412. The van der Waals surface area contributed by atoms with E-state index in [4.69, 9.17) is 9.97 Å². The summed E-state index contributed by atoms with van der Waals surface area (Å²) in [5, 5.41) is 8.04. The van der Waals surface area contributed by atoms with Crippen molar-refractivity contribution in [3.63, 3.8) is 0 Å². The van der Waals surface area contributed by atoms with Gasteiger partial charge in [-0.2, -0.15) is 5.10 Å². The minimum Gasteiger partial charge on any atom is -0.364 e. The van der Waals surface area contributed by atoms with Crippen LogP contribution in [0.5, 0.6) is 0 Å². The Morgan fingerprint density at radius 1 is 1.13 bits per heavy atom. The van der Waals surface area contributed by atoms with Gasteiger partial charge >= 0.3 is 0 Å². The summed E-state index contributed by atoms with van der Waals surface area (Å²) in [5.41, 5.74) is 4.05. The summed E-state index contributed by atoms with van der Waals surface area (Å²) < 4.78 is 1.97. The third-order valence-corrected chi connectivity index (χ3v) is 3.78. The van der Waals surface area contributed by atoms with Gasteiger partial charge < -0.3 is 5.32 Å². The molecule has 0 radical (unpaired) electrons. The average Bonchev–Trinajstić information content (AvgIpc) is 2.90. The SMILES string of the molecule is CCCc1nc(NCc2ccncc2)c2c(n1)c(C)nn2CC. The second-order valence-corrected chi connectivity index (χ2v) is 5.55. The van der Waals surface area contributed by atoms with Gasteiger partial charge in [0, 0.05) is 31.9 Å². The first-order chi connectivity index (χ1) is 11.2. The lowest BCUT2D eigenvalue weighted by Gasteiger charge is -2.10. The quantitative estimate of drug-likeness (QED) is 0.757. The summed E-state index contributed by atoms with van der Waals surface area (Å²) in [5.74, 6) is 1.73. The topological polar surface area (TPSA) is 68.5 Å². The first-order valence-electron chi connectivity index (χ1n) is 8.09. The summed E-state index contributed by atoms with van der Waals surface area (Å²) in [6, 6.07) is 4.00. The highest BCUT2D eigenvalue weighted by atomic mass is 15.3. The van der Waals surface area contributed by atoms with Crippen molar-refractivity contribution in [1.82, 2.24) is 24.7 Å². The zero-order valence-electron chi connectivity index (χ0n) is 13.9. The molecule has 0 bridgehead atoms. The molecule has 0 aliphatic rings. The van der Waals surface area contributed by atoms with E-state index in [1.165, 1.54) is 5.56 Å². The highest BCUT2D eigenvalue weighted by Crippen LogP contribution is 2.24. The number of aromatic nitrogens is 5. The van der Waals surface area contributed by atoms with E-state index < -0.39 is 0 Å². The summed E-state index contributed by atoms with van der Waals surface area (Å²) in [6.07, 6.45) is 5.50. The van der Waals surface area contributed by atoms with Gasteiger partial charge in [0.25, 0.3) is 0 Å². The van der Waals surface area contributed by atoms with Gasteiger partial charge in [0.15, 0.2) is 5.82 Å². The van der Waals surface area contributed by atoms with Crippen molar-refractivity contribution in [1.29, 1.82) is 0 Å². The van der Waals surface area contributed by atoms with Crippen molar-refractivity contribution in [3.05, 3.63) is 41.6 Å². The van der Waals surface area contributed by atoms with Crippen molar-refractivity contribution in [2.75, 3.05) is 5.32 Å². The fourth-order valence-electron chi connectivity index (χ4n) is 2.65. The van der Waals surface area contributed by atoms with Crippen molar-refractivity contribution in [3.8, 4) is 0 Å². The molecule has 120 valence electrons. The van der Waals surface area contributed by atoms with Crippen LogP contribution in [0.25, 0.3) is 11.0 Å². The van der Waals surface area contributed by atoms with Crippen molar-refractivity contribution in [2.45, 2.75) is 46.7 Å². The van der Waals surface area contributed by atoms with Gasteiger partial charge in [-0.3, -0.25) is 9.67 Å². The number of nitrogens with one attached hydrogen (secondary N) is 1. The van der Waals surface area contributed by atoms with E-state index in [9.17, 15) is 0 Å². The Bertz CT molecular complexity index is 794. The van der Waals surface area contributed by atoms with Crippen LogP contribution in [0, 0.1) is 6.92 Å². The maximum atomic E-state index is 4.73. The lowest BCUT2D eigenvalue weighted by Crippen LogP contribution is -2.08. The van der Waals surface area contributed by atoms with Crippen LogP contribution in [0.2, 0.25) is 0 Å². The van der Waals surface area contributed by atoms with Gasteiger partial charge in [0.1, 0.15) is 16.9 Å². The maximum Gasteiger partial charge on any atom is 0.156 e. The first kappa shape index (κ1) is 15.4. The Morgan fingerprint density at radius 2 is 1.91 bits per heavy atom. The Labute approximate surface area is 136 Å². The smallest absolute Gasteiger partial charge is 0.156 e. The second-order valence-electron chi connectivity index (χ2n) is 5.55. The molecule has 23 heavy (non-hydrogen) atoms. The van der Waals surface area contributed by atoms with E-state index in [-0.39, 0.29) is 0 Å². The number of anilines is 1. The summed E-state index contributed by atoms with van der Waals surface area (Å²) in [4.78, 5) is 13.5. The minimum absolute atomic E-state index is 0.703. The standard InChI is InChI=1S/C17H22N6/c1-4-6-14-20-15-12(3)22-23(5-2)16(15)17(21-14)19-11-13-7-9-18-10-8-13/h7-10H,4-6,11H2,1-3H3,(H,19,20,21). The van der Waals surface area contributed by atoms with E-state index in [2.05, 4.69) is 29.2 Å². The van der Waals surface area contributed by atoms with E-state index in [1.54, 1.807) is 12.4 Å². The molecule has 0 aliphatic carbocycles. The molecule has 0 spiro atoms. The zero-order valence-corrected chi connectivity index (χ0v) is 13.9. The molecule has 3 rings (SSSR count). The van der Waals surface area contributed by atoms with Crippen LogP contribution in [-0.4, -0.2) is 24.7 Å². The van der Waals surface area contributed by atoms with Gasteiger partial charge in [0.2, 0.25) is 0 Å². The predicted molar refractivity (Wildman–Crippen MR) is 91.3 cm³/mol. The van der Waals surface area contributed by atoms with E-state index >= 15 is 0 Å². The van der Waals surface area contributed by atoms with Crippen molar-refractivity contribution >= 4 is 16.9 Å². The van der Waals surface area contributed by atoms with E-state index in [0.717, 1.165) is 47.8 Å². The third kappa shape index (κ3) is 3.16. The Kier molecular flexibility index (Phi) is 4.50. The van der Waals surface area contributed by atoms with Crippen LogP contribution in [0.4, 0.5) is 5.82 Å². The molecular weight excluding hydrogens is 288 g/mol. The number of hydrogen-bond acceptors (Lipinski definition) is 5. The number of hydrogen-bond donors (Lipinski definition) is 1. The third-order valence-electron chi connectivity index (χ3n) is 3.78. The molecule has 3 aromatic rings. The molecular formula is C17H22N6. The van der Waals surface area contributed by atoms with Crippen LogP contribution in [-0.2, 0) is 19.5 Å². The predicted octanol–water partition coefficient (Wildman–Crippen LogP) is 3.11. The molecule has 0 unspecified atom stereocenters. The molecule has 0 saturated heterocycles. The molecule has 3 heterocycles. The number of nitrogens with zero attached hydrogens (tertiary/aromatic N) is 5. The normalized spacial score (nSPS) is 11.1. The molecule has 0 fully saturated rings. The highest BCUT2D eigenvalue weighted by Gasteiger charge is 2.15. The molecule has 0 saturated carbocycles. The van der Waals surface area contributed by atoms with Crippen LogP contribution >= 0.6 is 0 Å². The second kappa shape index (κ2) is 6.73. The fourth-order valence-corrected chi connectivity index (χ4v) is 2.65. The minimum atomic E-state index is 0.703. The van der Waals surface area contributed by atoms with Crippen LogP contribution in [0.1, 0.15) is 37.4 Å². The van der Waals surface area contributed by atoms with Gasteiger partial charge in [0.05, 0.1) is 5.69 Å². The van der Waals surface area contributed by atoms with Crippen molar-refractivity contribution in [2.24, 2.45) is 0 Å². The van der Waals surface area contributed by atoms with Crippen LogP contribution in [0.15, 0.2) is 24.5 Å². The van der Waals surface area contributed by atoms with Crippen molar-refractivity contribution < 1.29 is 0 Å². The monoisotopic (exact) mass is 310 g/mol. The van der Waals surface area contributed by atoms with E-state index in [0.29, 0.717) is 6.54 Å². The molecule has 1 N–H and O–H groups in total. The maximum absolute atomic E-state index is 4.73. The lowest BCUT2D eigenvalue weighted by molar-refractivity contribution is 0.675. The van der Waals surface area contributed by atoms with Gasteiger partial charge in [-0.15, -0.1) is 0 Å². The molecule has 0 amide bonds. The van der Waals surface area contributed by atoms with Gasteiger partial charge in [-0.25, -0.2) is 9.97 Å². The Balaban J connectivity index is 2.01. The van der Waals surface area contributed by atoms with Gasteiger partial charge in [-0.05, 0) is 38.0 Å². The molecule has 0 aliphatic heterocycles. The summed E-state index contributed by atoms with van der Waals surface area (Å²) >= 11 is 0. The number of pyridine rings is 1. The van der Waals surface area contributed by atoms with Crippen LogP contribution < -0.4 is 5.32 Å². The molecule has 3 aromatic heterocycles. The largest absolute Gasteiger partial charge is 0.364 e. The van der Waals surface area contributed by atoms with Gasteiger partial charge in [-0.1, -0.05) is 6.92 Å². The summed E-state index contributed by atoms with van der Waals surface area (Å²) in [7, 11) is 0. The van der Waals surface area contributed by atoms with Crippen LogP contribution in [0.3, 0.4) is 0 Å². The lowest BCUT2D eigenvalue weighted by atomic mass is 10.2. The molecule has 6 heteroatoms. The summed E-state index contributed by atoms with van der Waals surface area (Å²) in [6.45, 7) is 7.72. The number of aryl methyl sites for hydroxylation is 3. The average molecular weight is 310 g/mol. The van der Waals surface area contributed by atoms with E-state index in [1.807, 2.05) is 23.7 Å². The molecule has 0 atom stereocenters. The Morgan fingerprint density at radius 3 is 2.61 bits per heavy atom. The highest BCUT2D eigenvalue weighted by molar-refractivity contribution is 5.87. The zero-order chi connectivity index (χ0) is 16.2.